The summed E-state index contributed by atoms with van der Waals surface area (Å²) >= 11 is 0. The summed E-state index contributed by atoms with van der Waals surface area (Å²) in [6, 6.07) is 1.73. The monoisotopic (exact) mass is 278 g/mol. The van der Waals surface area contributed by atoms with Crippen LogP contribution >= 0.6 is 0 Å². The highest BCUT2D eigenvalue weighted by atomic mass is 16.3. The molecule has 1 amide bonds. The van der Waals surface area contributed by atoms with E-state index in [9.17, 15) is 4.79 Å². The molecule has 20 heavy (non-hydrogen) atoms. The highest BCUT2D eigenvalue weighted by Crippen LogP contribution is 2.15. The van der Waals surface area contributed by atoms with Crippen molar-refractivity contribution in [2.75, 3.05) is 45.1 Å². The van der Waals surface area contributed by atoms with Crippen molar-refractivity contribution in [1.82, 2.24) is 14.8 Å². The van der Waals surface area contributed by atoms with Crippen LogP contribution in [0.1, 0.15) is 22.5 Å². The van der Waals surface area contributed by atoms with E-state index in [0.29, 0.717) is 30.9 Å². The number of hydrogen-bond donors (Lipinski definition) is 2. The number of aliphatic hydroxyl groups is 1. The Morgan fingerprint density at radius 1 is 1.40 bits per heavy atom. The zero-order chi connectivity index (χ0) is 14.5. The second kappa shape index (κ2) is 6.67. The van der Waals surface area contributed by atoms with Crippen LogP contribution < -0.4 is 5.73 Å². The maximum Gasteiger partial charge on any atom is 0.257 e. The van der Waals surface area contributed by atoms with E-state index in [1.54, 1.807) is 12.3 Å². The van der Waals surface area contributed by atoms with E-state index in [0.717, 1.165) is 25.2 Å². The van der Waals surface area contributed by atoms with Crippen LogP contribution in [0.25, 0.3) is 0 Å². The quantitative estimate of drug-likeness (QED) is 0.820. The van der Waals surface area contributed by atoms with E-state index >= 15 is 0 Å². The zero-order valence-electron chi connectivity index (χ0n) is 11.9. The maximum atomic E-state index is 12.5. The Balaban J connectivity index is 2.05. The van der Waals surface area contributed by atoms with Gasteiger partial charge in [0.25, 0.3) is 5.91 Å². The highest BCUT2D eigenvalue weighted by Gasteiger charge is 2.21. The Bertz CT molecular complexity index is 478. The van der Waals surface area contributed by atoms with Gasteiger partial charge in [0, 0.05) is 43.8 Å². The Morgan fingerprint density at radius 2 is 2.20 bits per heavy atom. The summed E-state index contributed by atoms with van der Waals surface area (Å²) in [5.74, 6) is -0.0548. The van der Waals surface area contributed by atoms with Crippen LogP contribution in [0, 0.1) is 6.92 Å². The summed E-state index contributed by atoms with van der Waals surface area (Å²) < 4.78 is 0. The normalized spacial score (nSPS) is 17.0. The maximum absolute atomic E-state index is 12.5. The molecule has 3 N–H and O–H groups in total. The topological polar surface area (TPSA) is 82.7 Å². The summed E-state index contributed by atoms with van der Waals surface area (Å²) in [6.07, 6.45) is 2.47. The number of amides is 1. The van der Waals surface area contributed by atoms with Gasteiger partial charge in [-0.1, -0.05) is 0 Å². The largest absolute Gasteiger partial charge is 0.398 e. The number of β-amino-alcohol motifs (C(OH)–C–C–N with tert-alkyl or cyclic N) is 1. The molecular weight excluding hydrogens is 256 g/mol. The standard InChI is InChI=1S/C14H22N4O2/c1-11-9-13(15)12(10-16-11)14(20)18-4-2-3-17(5-6-18)7-8-19/h9-10,19H,2-8H2,1H3,(H2,15,16). The number of nitrogens with two attached hydrogens (primary N) is 1. The molecule has 0 bridgehead atoms. The van der Waals surface area contributed by atoms with Crippen LogP contribution in [0.3, 0.4) is 0 Å². The molecule has 2 heterocycles. The number of hydrogen-bond acceptors (Lipinski definition) is 5. The van der Waals surface area contributed by atoms with Gasteiger partial charge in [0.15, 0.2) is 0 Å². The first-order valence-electron chi connectivity index (χ1n) is 6.96. The number of anilines is 1. The summed E-state index contributed by atoms with van der Waals surface area (Å²) in [5.41, 5.74) is 7.68. The number of nitrogens with zero attached hydrogens (tertiary/aromatic N) is 3. The third kappa shape index (κ3) is 3.46. The smallest absolute Gasteiger partial charge is 0.257 e. The first-order chi connectivity index (χ1) is 9.61. The van der Waals surface area contributed by atoms with Crippen LogP contribution in [0.5, 0.6) is 0 Å². The lowest BCUT2D eigenvalue weighted by molar-refractivity contribution is 0.0761. The number of aromatic nitrogens is 1. The molecule has 1 saturated heterocycles. The third-order valence-electron chi connectivity index (χ3n) is 3.60. The second-order valence-corrected chi connectivity index (χ2v) is 5.12. The van der Waals surface area contributed by atoms with Crippen molar-refractivity contribution in [2.24, 2.45) is 0 Å². The molecule has 0 aliphatic carbocycles. The van der Waals surface area contributed by atoms with Gasteiger partial charge in [0.2, 0.25) is 0 Å². The average Bonchev–Trinajstić information content (AvgIpc) is 2.64. The molecule has 0 aromatic carbocycles. The SMILES string of the molecule is Cc1cc(N)c(C(=O)N2CCCN(CCO)CC2)cn1. The van der Waals surface area contributed by atoms with Crippen LogP contribution in [-0.2, 0) is 0 Å². The molecule has 6 heteroatoms. The second-order valence-electron chi connectivity index (χ2n) is 5.12. The van der Waals surface area contributed by atoms with Crippen molar-refractivity contribution in [3.05, 3.63) is 23.5 Å². The Labute approximate surface area is 119 Å². The van der Waals surface area contributed by atoms with Crippen molar-refractivity contribution in [3.8, 4) is 0 Å². The molecule has 0 unspecified atom stereocenters. The van der Waals surface area contributed by atoms with E-state index in [1.165, 1.54) is 0 Å². The first kappa shape index (κ1) is 14.7. The van der Waals surface area contributed by atoms with Gasteiger partial charge < -0.3 is 15.7 Å². The predicted octanol–water partition coefficient (Wildman–Crippen LogP) is 0.112. The van der Waals surface area contributed by atoms with E-state index in [4.69, 9.17) is 10.8 Å². The summed E-state index contributed by atoms with van der Waals surface area (Å²) in [4.78, 5) is 20.6. The summed E-state index contributed by atoms with van der Waals surface area (Å²) in [6.45, 7) is 5.74. The van der Waals surface area contributed by atoms with Crippen LogP contribution in [0.4, 0.5) is 5.69 Å². The molecule has 110 valence electrons. The summed E-state index contributed by atoms with van der Waals surface area (Å²) in [7, 11) is 0. The fourth-order valence-electron chi connectivity index (χ4n) is 2.47. The van der Waals surface area contributed by atoms with E-state index in [-0.39, 0.29) is 12.5 Å². The van der Waals surface area contributed by atoms with Gasteiger partial charge in [-0.15, -0.1) is 0 Å². The lowest BCUT2D eigenvalue weighted by atomic mass is 10.2. The van der Waals surface area contributed by atoms with Crippen molar-refractivity contribution < 1.29 is 9.90 Å². The lowest BCUT2D eigenvalue weighted by Crippen LogP contribution is -2.36. The number of rotatable bonds is 3. The van der Waals surface area contributed by atoms with Gasteiger partial charge in [-0.25, -0.2) is 0 Å². The van der Waals surface area contributed by atoms with Crippen LogP contribution in [0.2, 0.25) is 0 Å². The minimum atomic E-state index is -0.0548. The van der Waals surface area contributed by atoms with Crippen LogP contribution in [-0.4, -0.2) is 65.1 Å². The van der Waals surface area contributed by atoms with Gasteiger partial charge in [-0.3, -0.25) is 14.7 Å². The predicted molar refractivity (Wildman–Crippen MR) is 77.4 cm³/mol. The number of aliphatic hydroxyl groups excluding tert-OH is 1. The number of aryl methyl sites for hydroxylation is 1. The molecule has 0 radical (unpaired) electrons. The van der Waals surface area contributed by atoms with Crippen molar-refractivity contribution >= 4 is 11.6 Å². The molecule has 1 aliphatic heterocycles. The molecule has 0 spiro atoms. The molecule has 0 atom stereocenters. The average molecular weight is 278 g/mol. The minimum Gasteiger partial charge on any atom is -0.398 e. The number of carbonyl (C=O) groups excluding carboxylic acids is 1. The zero-order valence-corrected chi connectivity index (χ0v) is 11.9. The molecule has 1 aromatic heterocycles. The van der Waals surface area contributed by atoms with Gasteiger partial charge >= 0.3 is 0 Å². The Kier molecular flexibility index (Phi) is 4.92. The van der Waals surface area contributed by atoms with Gasteiger partial charge in [0.1, 0.15) is 0 Å². The van der Waals surface area contributed by atoms with E-state index in [1.807, 2.05) is 11.8 Å². The lowest BCUT2D eigenvalue weighted by Gasteiger charge is -2.22. The number of pyridine rings is 1. The highest BCUT2D eigenvalue weighted by molar-refractivity contribution is 5.98. The number of nitrogen functional groups attached to an aromatic ring is 1. The van der Waals surface area contributed by atoms with Gasteiger partial charge in [-0.2, -0.15) is 0 Å². The van der Waals surface area contributed by atoms with Crippen molar-refractivity contribution in [3.63, 3.8) is 0 Å². The minimum absolute atomic E-state index is 0.0548. The first-order valence-corrected chi connectivity index (χ1v) is 6.96. The summed E-state index contributed by atoms with van der Waals surface area (Å²) in [5, 5.41) is 8.98. The molecular formula is C14H22N4O2. The molecule has 1 fully saturated rings. The fraction of sp³-hybridized carbons (Fsp3) is 0.571. The molecule has 0 saturated carbocycles. The van der Waals surface area contributed by atoms with E-state index < -0.39 is 0 Å². The fourth-order valence-corrected chi connectivity index (χ4v) is 2.47. The van der Waals surface area contributed by atoms with Crippen molar-refractivity contribution in [2.45, 2.75) is 13.3 Å². The molecule has 1 aliphatic rings. The molecule has 6 nitrogen and oxygen atoms in total. The van der Waals surface area contributed by atoms with Gasteiger partial charge in [-0.05, 0) is 26.0 Å². The van der Waals surface area contributed by atoms with Gasteiger partial charge in [0.05, 0.1) is 12.2 Å². The van der Waals surface area contributed by atoms with E-state index in [2.05, 4.69) is 9.88 Å². The number of carbonyl (C=O) groups is 1. The third-order valence-corrected chi connectivity index (χ3v) is 3.60. The Morgan fingerprint density at radius 3 is 2.90 bits per heavy atom. The van der Waals surface area contributed by atoms with Crippen molar-refractivity contribution in [1.29, 1.82) is 0 Å². The van der Waals surface area contributed by atoms with Crippen LogP contribution in [0.15, 0.2) is 12.3 Å². The Hall–Kier alpha value is -1.66. The molecule has 2 rings (SSSR count). The molecule has 1 aromatic rings.